The zero-order chi connectivity index (χ0) is 14.5. The van der Waals surface area contributed by atoms with Gasteiger partial charge in [-0.2, -0.15) is 0 Å². The highest BCUT2D eigenvalue weighted by atomic mass is 32.2. The van der Waals surface area contributed by atoms with Crippen molar-refractivity contribution in [3.63, 3.8) is 0 Å². The molecule has 0 bridgehead atoms. The van der Waals surface area contributed by atoms with Gasteiger partial charge in [-0.15, -0.1) is 10.2 Å². The lowest BCUT2D eigenvalue weighted by Gasteiger charge is -2.19. The highest BCUT2D eigenvalue weighted by molar-refractivity contribution is 7.99. The molecule has 1 N–H and O–H groups in total. The molecule has 20 heavy (non-hydrogen) atoms. The Bertz CT molecular complexity index is 545. The van der Waals surface area contributed by atoms with Crippen LogP contribution in [0.1, 0.15) is 29.7 Å². The van der Waals surface area contributed by atoms with Gasteiger partial charge >= 0.3 is 0 Å². The number of aryl methyl sites for hydroxylation is 3. The lowest BCUT2D eigenvalue weighted by atomic mass is 10.0. The van der Waals surface area contributed by atoms with Gasteiger partial charge in [0.25, 0.3) is 0 Å². The number of nitrogens with zero attached hydrogens (tertiary/aromatic N) is 3. The summed E-state index contributed by atoms with van der Waals surface area (Å²) in [6, 6.07) is 7.07. The van der Waals surface area contributed by atoms with Crippen molar-refractivity contribution < 1.29 is 0 Å². The number of aromatic nitrogens is 3. The Morgan fingerprint density at radius 3 is 2.50 bits per heavy atom. The molecule has 0 amide bonds. The van der Waals surface area contributed by atoms with E-state index in [1.54, 1.807) is 18.1 Å². The number of nitrogens with one attached hydrogen (secondary N) is 1. The molecule has 0 radical (unpaired) electrons. The van der Waals surface area contributed by atoms with Gasteiger partial charge in [-0.3, -0.25) is 0 Å². The van der Waals surface area contributed by atoms with Crippen LogP contribution in [0.2, 0.25) is 0 Å². The monoisotopic (exact) mass is 290 g/mol. The van der Waals surface area contributed by atoms with Crippen molar-refractivity contribution in [3.05, 3.63) is 41.2 Å². The standard InChI is InChI=1S/C15H22N4S/c1-5-16-14(9-20-15-18-17-10-19(15)4)13-7-11(2)6-12(3)8-13/h6-8,10,14,16H,5,9H2,1-4H3. The fourth-order valence-corrected chi connectivity index (χ4v) is 3.27. The molecule has 2 rings (SSSR count). The van der Waals surface area contributed by atoms with Crippen LogP contribution >= 0.6 is 11.8 Å². The topological polar surface area (TPSA) is 42.7 Å². The summed E-state index contributed by atoms with van der Waals surface area (Å²) in [7, 11) is 1.97. The molecule has 0 aliphatic rings. The number of benzene rings is 1. The maximum Gasteiger partial charge on any atom is 0.190 e. The SMILES string of the molecule is CCNC(CSc1nncn1C)c1cc(C)cc(C)c1. The third-order valence-corrected chi connectivity index (χ3v) is 4.27. The van der Waals surface area contributed by atoms with Crippen LogP contribution in [0.15, 0.2) is 29.7 Å². The van der Waals surface area contributed by atoms with Gasteiger partial charge in [0.1, 0.15) is 6.33 Å². The van der Waals surface area contributed by atoms with E-state index in [-0.39, 0.29) is 0 Å². The first kappa shape index (κ1) is 15.1. The molecule has 4 nitrogen and oxygen atoms in total. The Morgan fingerprint density at radius 1 is 1.25 bits per heavy atom. The molecule has 1 aromatic carbocycles. The highest BCUT2D eigenvalue weighted by Crippen LogP contribution is 2.24. The molecule has 0 aliphatic carbocycles. The van der Waals surface area contributed by atoms with E-state index in [0.717, 1.165) is 17.5 Å². The fourth-order valence-electron chi connectivity index (χ4n) is 2.29. The van der Waals surface area contributed by atoms with Gasteiger partial charge in [0.15, 0.2) is 5.16 Å². The first-order chi connectivity index (χ1) is 9.60. The normalized spacial score (nSPS) is 12.6. The van der Waals surface area contributed by atoms with Crippen LogP contribution in [-0.2, 0) is 7.05 Å². The van der Waals surface area contributed by atoms with E-state index >= 15 is 0 Å². The van der Waals surface area contributed by atoms with Gasteiger partial charge in [0, 0.05) is 18.8 Å². The van der Waals surface area contributed by atoms with Crippen molar-refractivity contribution in [3.8, 4) is 0 Å². The van der Waals surface area contributed by atoms with Gasteiger partial charge in [-0.05, 0) is 26.0 Å². The molecule has 2 aromatic rings. The van der Waals surface area contributed by atoms with Crippen molar-refractivity contribution in [2.75, 3.05) is 12.3 Å². The number of rotatable bonds is 6. The van der Waals surface area contributed by atoms with E-state index in [1.807, 2.05) is 11.6 Å². The first-order valence-electron chi connectivity index (χ1n) is 6.88. The van der Waals surface area contributed by atoms with Crippen LogP contribution in [0.5, 0.6) is 0 Å². The molecule has 1 unspecified atom stereocenters. The summed E-state index contributed by atoms with van der Waals surface area (Å²) >= 11 is 1.74. The summed E-state index contributed by atoms with van der Waals surface area (Å²) in [5.41, 5.74) is 3.97. The quantitative estimate of drug-likeness (QED) is 0.831. The maximum atomic E-state index is 4.12. The minimum atomic E-state index is 0.334. The van der Waals surface area contributed by atoms with Crippen molar-refractivity contribution in [2.24, 2.45) is 7.05 Å². The first-order valence-corrected chi connectivity index (χ1v) is 7.87. The summed E-state index contributed by atoms with van der Waals surface area (Å²) in [5.74, 6) is 0.948. The number of hydrogen-bond donors (Lipinski definition) is 1. The Morgan fingerprint density at radius 2 is 1.95 bits per heavy atom. The third kappa shape index (κ3) is 3.84. The largest absolute Gasteiger partial charge is 0.312 e. The Balaban J connectivity index is 2.12. The zero-order valence-corrected chi connectivity index (χ0v) is 13.4. The van der Waals surface area contributed by atoms with E-state index in [1.165, 1.54) is 16.7 Å². The average Bonchev–Trinajstić information content (AvgIpc) is 2.79. The molecule has 0 aliphatic heterocycles. The molecule has 5 heteroatoms. The molecule has 108 valence electrons. The zero-order valence-electron chi connectivity index (χ0n) is 12.6. The van der Waals surface area contributed by atoms with Crippen LogP contribution in [0.25, 0.3) is 0 Å². The average molecular weight is 290 g/mol. The molecule has 0 saturated heterocycles. The van der Waals surface area contributed by atoms with Gasteiger partial charge in [-0.25, -0.2) is 0 Å². The Hall–Kier alpha value is -1.33. The lowest BCUT2D eigenvalue weighted by Crippen LogP contribution is -2.23. The minimum Gasteiger partial charge on any atom is -0.312 e. The fraction of sp³-hybridized carbons (Fsp3) is 0.467. The molecule has 0 saturated carbocycles. The van der Waals surface area contributed by atoms with Crippen molar-refractivity contribution in [1.82, 2.24) is 20.1 Å². The Labute approximate surface area is 125 Å². The van der Waals surface area contributed by atoms with E-state index in [4.69, 9.17) is 0 Å². The van der Waals surface area contributed by atoms with Crippen molar-refractivity contribution >= 4 is 11.8 Å². The molecule has 1 heterocycles. The predicted molar refractivity (Wildman–Crippen MR) is 84.1 cm³/mol. The second-order valence-corrected chi connectivity index (χ2v) is 6.05. The van der Waals surface area contributed by atoms with Gasteiger partial charge < -0.3 is 9.88 Å². The van der Waals surface area contributed by atoms with Crippen molar-refractivity contribution in [1.29, 1.82) is 0 Å². The second kappa shape index (κ2) is 6.90. The molecule has 0 spiro atoms. The third-order valence-electron chi connectivity index (χ3n) is 3.15. The summed E-state index contributed by atoms with van der Waals surface area (Å²) in [6.45, 7) is 7.39. The summed E-state index contributed by atoms with van der Waals surface area (Å²) < 4.78 is 1.95. The van der Waals surface area contributed by atoms with Gasteiger partial charge in [0.05, 0.1) is 0 Å². The van der Waals surface area contributed by atoms with Crippen molar-refractivity contribution in [2.45, 2.75) is 32.0 Å². The predicted octanol–water partition coefficient (Wildman–Crippen LogP) is 2.87. The van der Waals surface area contributed by atoms with E-state index in [9.17, 15) is 0 Å². The lowest BCUT2D eigenvalue weighted by molar-refractivity contribution is 0.604. The highest BCUT2D eigenvalue weighted by Gasteiger charge is 2.13. The summed E-state index contributed by atoms with van der Waals surface area (Å²) in [6.07, 6.45) is 1.74. The van der Waals surface area contributed by atoms with Gasteiger partial charge in [-0.1, -0.05) is 48.0 Å². The smallest absolute Gasteiger partial charge is 0.190 e. The van der Waals surface area contributed by atoms with Gasteiger partial charge in [0.2, 0.25) is 0 Å². The van der Waals surface area contributed by atoms with E-state index < -0.39 is 0 Å². The second-order valence-electron chi connectivity index (χ2n) is 5.07. The van der Waals surface area contributed by atoms with E-state index in [2.05, 4.69) is 54.5 Å². The maximum absolute atomic E-state index is 4.12. The van der Waals surface area contributed by atoms with Crippen LogP contribution in [0.4, 0.5) is 0 Å². The van der Waals surface area contributed by atoms with E-state index in [0.29, 0.717) is 6.04 Å². The summed E-state index contributed by atoms with van der Waals surface area (Å²) in [5, 5.41) is 12.6. The number of hydrogen-bond acceptors (Lipinski definition) is 4. The minimum absolute atomic E-state index is 0.334. The molecular formula is C15H22N4S. The number of thioether (sulfide) groups is 1. The molecule has 1 aromatic heterocycles. The van der Waals surface area contributed by atoms with Crippen LogP contribution in [0.3, 0.4) is 0 Å². The van der Waals surface area contributed by atoms with Crippen LogP contribution < -0.4 is 5.32 Å². The molecular weight excluding hydrogens is 268 g/mol. The van der Waals surface area contributed by atoms with Crippen LogP contribution in [-0.4, -0.2) is 27.1 Å². The summed E-state index contributed by atoms with van der Waals surface area (Å²) in [4.78, 5) is 0. The Kier molecular flexibility index (Phi) is 5.20. The van der Waals surface area contributed by atoms with Crippen LogP contribution in [0, 0.1) is 13.8 Å². The molecule has 1 atom stereocenters. The molecule has 0 fully saturated rings.